The van der Waals surface area contributed by atoms with E-state index in [-0.39, 0.29) is 24.0 Å². The zero-order valence-corrected chi connectivity index (χ0v) is 14.8. The largest absolute Gasteiger partial charge is 0.444 e. The van der Waals surface area contributed by atoms with Gasteiger partial charge in [-0.3, -0.25) is 9.88 Å². The van der Waals surface area contributed by atoms with Crippen molar-refractivity contribution in [1.82, 2.24) is 9.88 Å². The summed E-state index contributed by atoms with van der Waals surface area (Å²) in [7, 11) is 0. The summed E-state index contributed by atoms with van der Waals surface area (Å²) < 4.78 is 18.9. The third-order valence-corrected chi connectivity index (χ3v) is 4.59. The van der Waals surface area contributed by atoms with Crippen molar-refractivity contribution in [3.8, 4) is 0 Å². The van der Waals surface area contributed by atoms with Gasteiger partial charge in [-0.1, -0.05) is 6.08 Å². The van der Waals surface area contributed by atoms with Gasteiger partial charge in [-0.25, -0.2) is 9.18 Å². The van der Waals surface area contributed by atoms with Crippen molar-refractivity contribution in [2.45, 2.75) is 71.1 Å². The Morgan fingerprint density at radius 3 is 2.75 bits per heavy atom. The van der Waals surface area contributed by atoms with Crippen molar-refractivity contribution in [3.63, 3.8) is 0 Å². The Morgan fingerprint density at radius 2 is 2.12 bits per heavy atom. The lowest BCUT2D eigenvalue weighted by Crippen LogP contribution is -2.53. The number of hydrogen-bond acceptors (Lipinski definition) is 3. The molecule has 2 aliphatic heterocycles. The summed E-state index contributed by atoms with van der Waals surface area (Å²) in [5.74, 6) is -0.316. The lowest BCUT2D eigenvalue weighted by atomic mass is 9.83. The first-order chi connectivity index (χ1) is 11.2. The van der Waals surface area contributed by atoms with Crippen molar-refractivity contribution in [2.75, 3.05) is 0 Å². The summed E-state index contributed by atoms with van der Waals surface area (Å²) in [6.45, 7) is 7.54. The molecule has 5 heteroatoms. The number of nitrogens with zero attached hydrogens (tertiary/aromatic N) is 2. The van der Waals surface area contributed by atoms with Gasteiger partial charge in [0, 0.05) is 6.04 Å². The van der Waals surface area contributed by atoms with E-state index in [1.807, 2.05) is 32.6 Å². The van der Waals surface area contributed by atoms with E-state index in [9.17, 15) is 9.18 Å². The van der Waals surface area contributed by atoms with Crippen LogP contribution < -0.4 is 0 Å². The quantitative estimate of drug-likeness (QED) is 0.762. The molecule has 3 rings (SSSR count). The van der Waals surface area contributed by atoms with Crippen LogP contribution in [0.3, 0.4) is 0 Å². The predicted octanol–water partition coefficient (Wildman–Crippen LogP) is 4.47. The zero-order chi connectivity index (χ0) is 17.5. The molecule has 0 saturated carbocycles. The molecule has 4 nitrogen and oxygen atoms in total. The third-order valence-electron chi connectivity index (χ3n) is 4.59. The highest BCUT2D eigenvalue weighted by atomic mass is 19.1. The van der Waals surface area contributed by atoms with Crippen LogP contribution in [-0.4, -0.2) is 33.7 Å². The molecule has 0 aromatic carbocycles. The molecular formula is C19H25FN2O2. The van der Waals surface area contributed by atoms with Crippen LogP contribution in [-0.2, 0) is 4.74 Å². The Balaban J connectivity index is 1.88. The molecule has 0 radical (unpaired) electrons. The van der Waals surface area contributed by atoms with Crippen molar-refractivity contribution in [3.05, 3.63) is 35.4 Å². The molecule has 0 spiro atoms. The smallest absolute Gasteiger partial charge is 0.411 e. The number of amides is 1. The minimum absolute atomic E-state index is 0.0357. The van der Waals surface area contributed by atoms with E-state index in [0.29, 0.717) is 0 Å². The Kier molecular flexibility index (Phi) is 4.37. The number of carbonyl (C=O) groups is 1. The molecule has 2 bridgehead atoms. The molecule has 2 unspecified atom stereocenters. The standard InChI is InChI=1S/C19H25FN2O2/c1-12-8-14(20)11-21-17(12)13-9-15-6-5-7-16(10-13)22(15)18(23)24-19(2,3)4/h8-9,11,15-16H,5-7,10H2,1-4H3. The normalized spacial score (nSPS) is 23.7. The number of carbonyl (C=O) groups excluding carboxylic acids is 1. The lowest BCUT2D eigenvalue weighted by Gasteiger charge is -2.45. The fourth-order valence-electron chi connectivity index (χ4n) is 3.68. The molecule has 130 valence electrons. The number of rotatable bonds is 1. The van der Waals surface area contributed by atoms with E-state index < -0.39 is 5.60 Å². The summed E-state index contributed by atoms with van der Waals surface area (Å²) in [4.78, 5) is 18.8. The van der Waals surface area contributed by atoms with Crippen LogP contribution in [0.2, 0.25) is 0 Å². The number of pyridine rings is 1. The maximum Gasteiger partial charge on any atom is 0.411 e. The van der Waals surface area contributed by atoms with E-state index in [1.54, 1.807) is 0 Å². The van der Waals surface area contributed by atoms with Crippen molar-refractivity contribution in [1.29, 1.82) is 0 Å². The molecule has 1 fully saturated rings. The fraction of sp³-hybridized carbons (Fsp3) is 0.579. The SMILES string of the molecule is Cc1cc(F)cnc1C1=CC2CCCC(C1)N2C(=O)OC(C)(C)C. The molecule has 1 saturated heterocycles. The highest BCUT2D eigenvalue weighted by Crippen LogP contribution is 2.38. The van der Waals surface area contributed by atoms with Gasteiger partial charge in [0.25, 0.3) is 0 Å². The first-order valence-corrected chi connectivity index (χ1v) is 8.59. The van der Waals surface area contributed by atoms with Crippen molar-refractivity contribution < 1.29 is 13.9 Å². The van der Waals surface area contributed by atoms with Crippen LogP contribution >= 0.6 is 0 Å². The summed E-state index contributed by atoms with van der Waals surface area (Å²) in [5.41, 5.74) is 2.30. The van der Waals surface area contributed by atoms with Gasteiger partial charge in [0.1, 0.15) is 11.4 Å². The first-order valence-electron chi connectivity index (χ1n) is 8.59. The van der Waals surface area contributed by atoms with Gasteiger partial charge in [0.05, 0.1) is 17.9 Å². The molecule has 24 heavy (non-hydrogen) atoms. The average molecular weight is 332 g/mol. The Labute approximate surface area is 142 Å². The summed E-state index contributed by atoms with van der Waals surface area (Å²) >= 11 is 0. The van der Waals surface area contributed by atoms with E-state index in [4.69, 9.17) is 4.74 Å². The van der Waals surface area contributed by atoms with E-state index in [1.165, 1.54) is 12.3 Å². The lowest BCUT2D eigenvalue weighted by molar-refractivity contribution is 0.0000669. The molecule has 3 heterocycles. The molecule has 2 aliphatic rings. The Bertz CT molecular complexity index is 678. The molecule has 1 aromatic rings. The van der Waals surface area contributed by atoms with Crippen LogP contribution in [0.1, 0.15) is 57.7 Å². The fourth-order valence-corrected chi connectivity index (χ4v) is 3.68. The number of aryl methyl sites for hydroxylation is 1. The molecule has 0 N–H and O–H groups in total. The van der Waals surface area contributed by atoms with E-state index in [0.717, 1.165) is 42.5 Å². The Morgan fingerprint density at radius 1 is 1.38 bits per heavy atom. The first kappa shape index (κ1) is 16.9. The van der Waals surface area contributed by atoms with Gasteiger partial charge < -0.3 is 4.74 Å². The van der Waals surface area contributed by atoms with Gasteiger partial charge in [0.15, 0.2) is 0 Å². The minimum atomic E-state index is -0.496. The molecule has 2 atom stereocenters. The maximum absolute atomic E-state index is 13.3. The van der Waals surface area contributed by atoms with Crippen molar-refractivity contribution >= 4 is 11.7 Å². The number of fused-ring (bicyclic) bond motifs is 2. The second-order valence-electron chi connectivity index (χ2n) is 7.75. The molecule has 1 aromatic heterocycles. The highest BCUT2D eigenvalue weighted by molar-refractivity contribution is 5.74. The number of hydrogen-bond donors (Lipinski definition) is 0. The van der Waals surface area contributed by atoms with Gasteiger partial charge in [-0.15, -0.1) is 0 Å². The second-order valence-corrected chi connectivity index (χ2v) is 7.75. The second kappa shape index (κ2) is 6.19. The summed E-state index contributed by atoms with van der Waals surface area (Å²) in [6, 6.07) is 1.68. The van der Waals surface area contributed by atoms with Crippen molar-refractivity contribution in [2.24, 2.45) is 0 Å². The van der Waals surface area contributed by atoms with Crippen LogP contribution in [0, 0.1) is 12.7 Å². The number of halogens is 1. The van der Waals surface area contributed by atoms with Crippen LogP contribution in [0.5, 0.6) is 0 Å². The van der Waals surface area contributed by atoms with Crippen LogP contribution in [0.25, 0.3) is 5.57 Å². The molecule has 1 amide bonds. The monoisotopic (exact) mass is 332 g/mol. The zero-order valence-electron chi connectivity index (χ0n) is 14.8. The number of piperidine rings is 1. The van der Waals surface area contributed by atoms with E-state index >= 15 is 0 Å². The minimum Gasteiger partial charge on any atom is -0.444 e. The summed E-state index contributed by atoms with van der Waals surface area (Å²) in [6.07, 6.45) is 6.89. The average Bonchev–Trinajstić information content (AvgIpc) is 2.44. The number of aromatic nitrogens is 1. The van der Waals surface area contributed by atoms with Crippen LogP contribution in [0.15, 0.2) is 18.3 Å². The van der Waals surface area contributed by atoms with Gasteiger partial charge in [0.2, 0.25) is 0 Å². The Hall–Kier alpha value is -1.91. The summed E-state index contributed by atoms with van der Waals surface area (Å²) in [5, 5.41) is 0. The van der Waals surface area contributed by atoms with Gasteiger partial charge in [-0.2, -0.15) is 0 Å². The predicted molar refractivity (Wildman–Crippen MR) is 91.0 cm³/mol. The van der Waals surface area contributed by atoms with Gasteiger partial charge >= 0.3 is 6.09 Å². The molecule has 0 aliphatic carbocycles. The third kappa shape index (κ3) is 3.45. The highest BCUT2D eigenvalue weighted by Gasteiger charge is 2.39. The van der Waals surface area contributed by atoms with E-state index in [2.05, 4.69) is 11.1 Å². The maximum atomic E-state index is 13.3. The number of ether oxygens (including phenoxy) is 1. The molecular weight excluding hydrogens is 307 g/mol. The van der Waals surface area contributed by atoms with Gasteiger partial charge in [-0.05, 0) is 70.6 Å². The topological polar surface area (TPSA) is 42.4 Å². The van der Waals surface area contributed by atoms with Crippen LogP contribution in [0.4, 0.5) is 9.18 Å².